The van der Waals surface area contributed by atoms with Crippen molar-refractivity contribution in [3.05, 3.63) is 41.6 Å². The number of nitrogens with one attached hydrogen (secondary N) is 1. The fourth-order valence-electron chi connectivity index (χ4n) is 3.70. The first-order valence-corrected chi connectivity index (χ1v) is 9.43. The summed E-state index contributed by atoms with van der Waals surface area (Å²) in [5.74, 6) is 0.661. The topological polar surface area (TPSA) is 84.7 Å². The second-order valence-electron chi connectivity index (χ2n) is 6.89. The number of ether oxygens (including phenoxy) is 1. The van der Waals surface area contributed by atoms with Crippen molar-refractivity contribution in [3.8, 4) is 0 Å². The lowest BCUT2D eigenvalue weighted by atomic mass is 10.0. The lowest BCUT2D eigenvalue weighted by Crippen LogP contribution is -2.34. The van der Waals surface area contributed by atoms with Gasteiger partial charge in [-0.2, -0.15) is 0 Å². The maximum Gasteiger partial charge on any atom is 0.277 e. The Morgan fingerprint density at radius 1 is 1.30 bits per heavy atom. The first-order valence-electron chi connectivity index (χ1n) is 9.43. The number of nitrogens with zero attached hydrogens (tertiary/aromatic N) is 2. The Labute approximate surface area is 157 Å². The highest BCUT2D eigenvalue weighted by molar-refractivity contribution is 6.03. The van der Waals surface area contributed by atoms with E-state index in [1.54, 1.807) is 4.90 Å². The van der Waals surface area contributed by atoms with Gasteiger partial charge in [0.15, 0.2) is 11.6 Å². The van der Waals surface area contributed by atoms with Crippen molar-refractivity contribution in [2.75, 3.05) is 30.0 Å². The predicted octanol–water partition coefficient (Wildman–Crippen LogP) is 3.12. The summed E-state index contributed by atoms with van der Waals surface area (Å²) in [6, 6.07) is 5.64. The molecule has 1 fully saturated rings. The van der Waals surface area contributed by atoms with Gasteiger partial charge in [0, 0.05) is 43.5 Å². The largest absolute Gasteiger partial charge is 0.448 e. The molecule has 2 aromatic rings. The van der Waals surface area contributed by atoms with Gasteiger partial charge in [-0.05, 0) is 49.9 Å². The van der Waals surface area contributed by atoms with Gasteiger partial charge in [-0.3, -0.25) is 9.59 Å². The zero-order chi connectivity index (χ0) is 18.8. The molecule has 0 aliphatic carbocycles. The van der Waals surface area contributed by atoms with Gasteiger partial charge in [0.1, 0.15) is 6.26 Å². The molecule has 0 saturated carbocycles. The van der Waals surface area contributed by atoms with Crippen LogP contribution in [-0.2, 0) is 16.0 Å². The van der Waals surface area contributed by atoms with Gasteiger partial charge in [-0.25, -0.2) is 4.98 Å². The van der Waals surface area contributed by atoms with Gasteiger partial charge >= 0.3 is 0 Å². The Morgan fingerprint density at radius 2 is 2.11 bits per heavy atom. The normalized spacial score (nSPS) is 17.7. The molecule has 0 spiro atoms. The van der Waals surface area contributed by atoms with Crippen LogP contribution < -0.4 is 10.2 Å². The molecule has 0 radical (unpaired) electrons. The molecular formula is C20H23N3O4. The van der Waals surface area contributed by atoms with Gasteiger partial charge in [0.2, 0.25) is 5.91 Å². The van der Waals surface area contributed by atoms with Crippen molar-refractivity contribution >= 4 is 23.2 Å². The molecule has 3 heterocycles. The van der Waals surface area contributed by atoms with Crippen LogP contribution in [0.25, 0.3) is 0 Å². The smallest absolute Gasteiger partial charge is 0.277 e. The number of hydrogen-bond donors (Lipinski definition) is 1. The molecule has 4 rings (SSSR count). The summed E-state index contributed by atoms with van der Waals surface area (Å²) >= 11 is 0. The number of rotatable bonds is 4. The number of aryl methyl sites for hydroxylation is 1. The summed E-state index contributed by atoms with van der Waals surface area (Å²) in [4.78, 5) is 30.7. The summed E-state index contributed by atoms with van der Waals surface area (Å²) < 4.78 is 10.9. The van der Waals surface area contributed by atoms with Crippen LogP contribution in [0.4, 0.5) is 11.4 Å². The Kier molecular flexibility index (Phi) is 4.94. The lowest BCUT2D eigenvalue weighted by molar-refractivity contribution is -0.118. The van der Waals surface area contributed by atoms with Crippen LogP contribution in [0.3, 0.4) is 0 Å². The number of hydrogen-bond acceptors (Lipinski definition) is 5. The van der Waals surface area contributed by atoms with E-state index < -0.39 is 0 Å². The standard InChI is InChI=1S/C20H23N3O4/c1-2-23-17-5-4-15(11-14(17)3-6-18(23)24)21-19(25)16-12-27-20(22-16)13-7-9-26-10-8-13/h4-5,11-13H,2-3,6-10H2,1H3,(H,21,25). The quantitative estimate of drug-likeness (QED) is 0.895. The average molecular weight is 369 g/mol. The molecule has 2 aliphatic heterocycles. The zero-order valence-electron chi connectivity index (χ0n) is 15.4. The summed E-state index contributed by atoms with van der Waals surface area (Å²) in [5.41, 5.74) is 2.96. The second kappa shape index (κ2) is 7.52. The van der Waals surface area contributed by atoms with Crippen molar-refractivity contribution in [2.24, 2.45) is 0 Å². The van der Waals surface area contributed by atoms with E-state index in [2.05, 4.69) is 10.3 Å². The first kappa shape index (κ1) is 17.7. The van der Waals surface area contributed by atoms with Crippen molar-refractivity contribution in [3.63, 3.8) is 0 Å². The third-order valence-corrected chi connectivity index (χ3v) is 5.18. The van der Waals surface area contributed by atoms with Crippen LogP contribution in [0, 0.1) is 0 Å². The van der Waals surface area contributed by atoms with E-state index in [4.69, 9.17) is 9.15 Å². The molecule has 1 N–H and O–H groups in total. The molecule has 2 amide bonds. The van der Waals surface area contributed by atoms with Gasteiger partial charge in [-0.15, -0.1) is 0 Å². The van der Waals surface area contributed by atoms with Crippen LogP contribution in [-0.4, -0.2) is 36.6 Å². The minimum absolute atomic E-state index is 0.144. The number of amides is 2. The first-order chi connectivity index (χ1) is 13.2. The summed E-state index contributed by atoms with van der Waals surface area (Å²) in [7, 11) is 0. The number of carbonyl (C=O) groups is 2. The van der Waals surface area contributed by atoms with Crippen LogP contribution in [0.5, 0.6) is 0 Å². The Morgan fingerprint density at radius 3 is 2.89 bits per heavy atom. The predicted molar refractivity (Wildman–Crippen MR) is 100 cm³/mol. The van der Waals surface area contributed by atoms with Crippen LogP contribution in [0.2, 0.25) is 0 Å². The van der Waals surface area contributed by atoms with Crippen molar-refractivity contribution in [1.29, 1.82) is 0 Å². The van der Waals surface area contributed by atoms with E-state index in [1.807, 2.05) is 25.1 Å². The average Bonchev–Trinajstić information content (AvgIpc) is 3.19. The van der Waals surface area contributed by atoms with Gasteiger partial charge < -0.3 is 19.4 Å². The van der Waals surface area contributed by atoms with E-state index in [0.717, 1.165) is 24.1 Å². The van der Waals surface area contributed by atoms with E-state index >= 15 is 0 Å². The highest BCUT2D eigenvalue weighted by Gasteiger charge is 2.24. The molecule has 0 unspecified atom stereocenters. The van der Waals surface area contributed by atoms with Crippen molar-refractivity contribution < 1.29 is 18.7 Å². The number of benzene rings is 1. The molecule has 1 aromatic carbocycles. The highest BCUT2D eigenvalue weighted by atomic mass is 16.5. The molecule has 7 heteroatoms. The highest BCUT2D eigenvalue weighted by Crippen LogP contribution is 2.30. The number of oxazole rings is 1. The number of fused-ring (bicyclic) bond motifs is 1. The Hall–Kier alpha value is -2.67. The molecule has 27 heavy (non-hydrogen) atoms. The summed E-state index contributed by atoms with van der Waals surface area (Å²) in [5, 5.41) is 2.88. The lowest BCUT2D eigenvalue weighted by Gasteiger charge is -2.28. The van der Waals surface area contributed by atoms with E-state index in [0.29, 0.717) is 44.2 Å². The maximum absolute atomic E-state index is 12.5. The van der Waals surface area contributed by atoms with Crippen molar-refractivity contribution in [1.82, 2.24) is 4.98 Å². The number of anilines is 2. The van der Waals surface area contributed by atoms with E-state index in [9.17, 15) is 9.59 Å². The summed E-state index contributed by atoms with van der Waals surface area (Å²) in [6.07, 6.45) is 4.32. The van der Waals surface area contributed by atoms with Crippen LogP contribution in [0.15, 0.2) is 28.9 Å². The molecule has 2 aliphatic rings. The van der Waals surface area contributed by atoms with Gasteiger partial charge in [0.05, 0.1) is 0 Å². The minimum atomic E-state index is -0.295. The van der Waals surface area contributed by atoms with Crippen molar-refractivity contribution in [2.45, 2.75) is 38.5 Å². The fraction of sp³-hybridized carbons (Fsp3) is 0.450. The fourth-order valence-corrected chi connectivity index (χ4v) is 3.70. The Balaban J connectivity index is 1.47. The maximum atomic E-state index is 12.5. The van der Waals surface area contributed by atoms with Crippen LogP contribution >= 0.6 is 0 Å². The Bertz CT molecular complexity index is 855. The van der Waals surface area contributed by atoms with E-state index in [-0.39, 0.29) is 23.4 Å². The molecule has 1 aromatic heterocycles. The molecular weight excluding hydrogens is 346 g/mol. The molecule has 7 nitrogen and oxygen atoms in total. The number of carbonyl (C=O) groups excluding carboxylic acids is 2. The number of aromatic nitrogens is 1. The second-order valence-corrected chi connectivity index (χ2v) is 6.89. The van der Waals surface area contributed by atoms with Crippen LogP contribution in [0.1, 0.15) is 54.0 Å². The van der Waals surface area contributed by atoms with E-state index in [1.165, 1.54) is 6.26 Å². The third-order valence-electron chi connectivity index (χ3n) is 5.18. The third kappa shape index (κ3) is 3.60. The molecule has 1 saturated heterocycles. The zero-order valence-corrected chi connectivity index (χ0v) is 15.4. The van der Waals surface area contributed by atoms with Gasteiger partial charge in [0.25, 0.3) is 5.91 Å². The summed E-state index contributed by atoms with van der Waals surface area (Å²) in [6.45, 7) is 4.00. The monoisotopic (exact) mass is 369 g/mol. The SMILES string of the molecule is CCN1C(=O)CCc2cc(NC(=O)c3coc(C4CCOCC4)n3)ccc21. The molecule has 0 atom stereocenters. The molecule has 142 valence electrons. The molecule has 0 bridgehead atoms. The minimum Gasteiger partial charge on any atom is -0.448 e. The van der Waals surface area contributed by atoms with Gasteiger partial charge in [-0.1, -0.05) is 0 Å².